The van der Waals surface area contributed by atoms with Crippen molar-refractivity contribution in [3.8, 4) is 0 Å². The van der Waals surface area contributed by atoms with E-state index < -0.39 is 0 Å². The summed E-state index contributed by atoms with van der Waals surface area (Å²) in [6.07, 6.45) is 0. The molecule has 0 bridgehead atoms. The van der Waals surface area contributed by atoms with Crippen LogP contribution in [0.2, 0.25) is 0 Å². The van der Waals surface area contributed by atoms with E-state index in [1.54, 1.807) is 0 Å². The van der Waals surface area contributed by atoms with Gasteiger partial charge in [-0.3, -0.25) is 0 Å². The Balaban J connectivity index is 2.63. The van der Waals surface area contributed by atoms with Crippen LogP contribution in [0.15, 0.2) is 0 Å². The van der Waals surface area contributed by atoms with Crippen molar-refractivity contribution in [2.75, 3.05) is 6.61 Å². The molecule has 1 nitrogen and oxygen atoms in total. The van der Waals surface area contributed by atoms with Crippen molar-refractivity contribution >= 4 is 25.8 Å². The molecule has 0 spiro atoms. The van der Waals surface area contributed by atoms with Crippen LogP contribution in [0.25, 0.3) is 0 Å². The Morgan fingerprint density at radius 3 is 2.33 bits per heavy atom. The van der Waals surface area contributed by atoms with Gasteiger partial charge in [0.1, 0.15) is 0 Å². The molecule has 0 saturated heterocycles. The first kappa shape index (κ1) is 6.88. The molecule has 0 aliphatic rings. The second-order valence-electron chi connectivity index (χ2n) is 1.10. The Morgan fingerprint density at radius 2 is 2.33 bits per heavy atom. The van der Waals surface area contributed by atoms with Crippen molar-refractivity contribution in [3.63, 3.8) is 0 Å². The topological polar surface area (TPSA) is 9.23 Å². The van der Waals surface area contributed by atoms with E-state index in [0.717, 1.165) is 32.4 Å². The third kappa shape index (κ3) is 4.88. The number of hydrogen-bond acceptors (Lipinski definition) is 1. The van der Waals surface area contributed by atoms with Crippen LogP contribution in [0, 0.1) is 0 Å². The van der Waals surface area contributed by atoms with Gasteiger partial charge in [0.25, 0.3) is 0 Å². The summed E-state index contributed by atoms with van der Waals surface area (Å²) in [4.78, 5) is 0. The van der Waals surface area contributed by atoms with Gasteiger partial charge in [0.05, 0.1) is 0 Å². The zero-order valence-electron chi connectivity index (χ0n) is 4.19. The molecule has 0 amide bonds. The molecule has 1 atom stereocenters. The maximum absolute atomic E-state index is 5.10. The molecule has 1 unspecified atom stereocenters. The first-order valence-electron chi connectivity index (χ1n) is 2.10. The Kier molecular flexibility index (Phi) is 4.65. The standard InChI is InChI=1S/C4H9O.Pb/c1-3-5-4-2;/h3H,4H2,1-2H3;. The van der Waals surface area contributed by atoms with Crippen LogP contribution < -0.4 is 0 Å². The minimum atomic E-state index is 0.537. The van der Waals surface area contributed by atoms with E-state index in [9.17, 15) is 0 Å². The van der Waals surface area contributed by atoms with E-state index in [0.29, 0.717) is 3.66 Å². The maximum atomic E-state index is 5.10. The van der Waals surface area contributed by atoms with Crippen LogP contribution in [0.3, 0.4) is 0 Å². The fraction of sp³-hybridized carbons (Fsp3) is 1.00. The molecule has 0 aliphatic carbocycles. The van der Waals surface area contributed by atoms with E-state index in [2.05, 4.69) is 6.92 Å². The van der Waals surface area contributed by atoms with Crippen LogP contribution in [-0.2, 0) is 4.74 Å². The van der Waals surface area contributed by atoms with Gasteiger partial charge in [-0.05, 0) is 0 Å². The average molecular weight is 280 g/mol. The molecule has 0 N–H and O–H groups in total. The van der Waals surface area contributed by atoms with Crippen LogP contribution in [-0.4, -0.2) is 36.0 Å². The quantitative estimate of drug-likeness (QED) is 0.671. The molecule has 0 aromatic carbocycles. The predicted molar refractivity (Wildman–Crippen MR) is 26.8 cm³/mol. The van der Waals surface area contributed by atoms with Gasteiger partial charge >= 0.3 is 54.6 Å². The fourth-order valence-corrected chi connectivity index (χ4v) is 0.898. The summed E-state index contributed by atoms with van der Waals surface area (Å²) in [5.41, 5.74) is 0. The molecule has 0 aliphatic heterocycles. The molecule has 2 heteroatoms. The van der Waals surface area contributed by atoms with Gasteiger partial charge in [-0.1, -0.05) is 0 Å². The summed E-state index contributed by atoms with van der Waals surface area (Å²) in [7, 11) is 0. The van der Waals surface area contributed by atoms with Gasteiger partial charge in [0.15, 0.2) is 0 Å². The van der Waals surface area contributed by atoms with E-state index >= 15 is 0 Å². The SMILES string of the molecule is CCO[CH](C)[Pb]. The Hall–Kier alpha value is 0.882. The molecule has 6 heavy (non-hydrogen) atoms. The second-order valence-corrected chi connectivity index (χ2v) is 4.26. The second kappa shape index (κ2) is 4.05. The van der Waals surface area contributed by atoms with E-state index in [4.69, 9.17) is 4.74 Å². The summed E-state index contributed by atoms with van der Waals surface area (Å²) in [6, 6.07) is 0. The molecule has 0 aromatic rings. The van der Waals surface area contributed by atoms with Crippen LogP contribution >= 0.6 is 0 Å². The molecule has 0 saturated carbocycles. The monoisotopic (exact) mass is 281 g/mol. The van der Waals surface area contributed by atoms with Crippen molar-refractivity contribution in [1.82, 2.24) is 0 Å². The van der Waals surface area contributed by atoms with Crippen LogP contribution in [0.1, 0.15) is 13.8 Å². The van der Waals surface area contributed by atoms with Gasteiger partial charge < -0.3 is 0 Å². The van der Waals surface area contributed by atoms with Gasteiger partial charge in [-0.15, -0.1) is 0 Å². The normalized spacial score (nSPS) is 14.5. The Morgan fingerprint density at radius 1 is 1.83 bits per heavy atom. The predicted octanol–water partition coefficient (Wildman–Crippen LogP) is 0.537. The van der Waals surface area contributed by atoms with Gasteiger partial charge in [-0.2, -0.15) is 0 Å². The van der Waals surface area contributed by atoms with E-state index in [-0.39, 0.29) is 0 Å². The summed E-state index contributed by atoms with van der Waals surface area (Å²) in [6.45, 7) is 4.98. The number of rotatable bonds is 2. The molecule has 0 fully saturated rings. The van der Waals surface area contributed by atoms with Crippen molar-refractivity contribution in [1.29, 1.82) is 0 Å². The van der Waals surface area contributed by atoms with Gasteiger partial charge in [0, 0.05) is 0 Å². The third-order valence-electron chi connectivity index (χ3n) is 0.417. The average Bonchev–Trinajstić information content (AvgIpc) is 1.35. The molecule has 35 valence electrons. The molecule has 0 aromatic heterocycles. The minimum absolute atomic E-state index is 0.537. The van der Waals surface area contributed by atoms with Crippen molar-refractivity contribution < 1.29 is 4.74 Å². The molecule has 0 heterocycles. The Labute approximate surface area is 54.8 Å². The van der Waals surface area contributed by atoms with Crippen LogP contribution in [0.5, 0.6) is 0 Å². The molecular weight excluding hydrogens is 271 g/mol. The summed E-state index contributed by atoms with van der Waals surface area (Å²) in [5, 5.41) is 0. The summed E-state index contributed by atoms with van der Waals surface area (Å²) >= 11 is 1.16. The molecule has 3 radical (unpaired) electrons. The summed E-state index contributed by atoms with van der Waals surface area (Å²) < 4.78 is 5.64. The third-order valence-corrected chi connectivity index (χ3v) is 1.06. The summed E-state index contributed by atoms with van der Waals surface area (Å²) in [5.74, 6) is 0. The van der Waals surface area contributed by atoms with E-state index in [1.165, 1.54) is 0 Å². The number of hydrogen-bond donors (Lipinski definition) is 0. The molecular formula is C4H9OPb. The zero-order valence-corrected chi connectivity index (χ0v) is 8.08. The van der Waals surface area contributed by atoms with Gasteiger partial charge in [0.2, 0.25) is 0 Å². The first-order chi connectivity index (χ1) is 2.77. The van der Waals surface area contributed by atoms with Gasteiger partial charge in [-0.25, -0.2) is 0 Å². The first-order valence-corrected chi connectivity index (χ1v) is 4.34. The van der Waals surface area contributed by atoms with Crippen molar-refractivity contribution in [2.45, 2.75) is 17.5 Å². The molecule has 0 rings (SSSR count). The van der Waals surface area contributed by atoms with Crippen molar-refractivity contribution in [3.05, 3.63) is 0 Å². The van der Waals surface area contributed by atoms with Crippen molar-refractivity contribution in [2.24, 2.45) is 0 Å². The zero-order chi connectivity index (χ0) is 4.99. The fourth-order valence-electron chi connectivity index (χ4n) is 0.250. The Bertz CT molecular complexity index is 28.7. The number of ether oxygens (including phenoxy) is 1. The van der Waals surface area contributed by atoms with Crippen LogP contribution in [0.4, 0.5) is 0 Å². The van der Waals surface area contributed by atoms with E-state index in [1.807, 2.05) is 6.92 Å².